The standard InChI is InChI=1S/C27H30FN3O5S/c28-19-5-6-20(29-16-19)14-26(32)25(13-18-9-11-36-12-10-18)31-17-30-24-15-22(7-8-23(24)27(31)33)37(34,35)21-3-1-2-4-21/h5-8,15-18,21,25H,1-4,9-14H2. The molecule has 1 aliphatic carbocycles. The lowest BCUT2D eigenvalue weighted by Gasteiger charge is -2.27. The number of hydrogen-bond acceptors (Lipinski definition) is 7. The van der Waals surface area contributed by atoms with Gasteiger partial charge in [-0.3, -0.25) is 19.1 Å². The molecule has 0 N–H and O–H groups in total. The van der Waals surface area contributed by atoms with Crippen molar-refractivity contribution in [1.29, 1.82) is 0 Å². The minimum absolute atomic E-state index is 0.0444. The second kappa shape index (κ2) is 10.8. The van der Waals surface area contributed by atoms with E-state index in [2.05, 4.69) is 9.97 Å². The molecular formula is C27H30FN3O5S. The number of pyridine rings is 1. The molecule has 1 saturated carbocycles. The molecule has 1 atom stereocenters. The van der Waals surface area contributed by atoms with Crippen molar-refractivity contribution in [3.63, 3.8) is 0 Å². The number of fused-ring (bicyclic) bond motifs is 1. The third-order valence-corrected chi connectivity index (χ3v) is 9.83. The lowest BCUT2D eigenvalue weighted by atomic mass is 9.89. The first-order valence-electron chi connectivity index (χ1n) is 12.8. The van der Waals surface area contributed by atoms with Crippen molar-refractivity contribution in [1.82, 2.24) is 14.5 Å². The number of rotatable bonds is 8. The van der Waals surface area contributed by atoms with Crippen LogP contribution in [0, 0.1) is 11.7 Å². The molecule has 0 bridgehead atoms. The molecule has 3 aromatic rings. The van der Waals surface area contributed by atoms with Gasteiger partial charge in [-0.15, -0.1) is 0 Å². The number of benzene rings is 1. The van der Waals surface area contributed by atoms with Crippen molar-refractivity contribution in [2.24, 2.45) is 5.92 Å². The molecule has 1 saturated heterocycles. The summed E-state index contributed by atoms with van der Waals surface area (Å²) < 4.78 is 46.2. The summed E-state index contributed by atoms with van der Waals surface area (Å²) in [4.78, 5) is 35.6. The Morgan fingerprint density at radius 2 is 1.84 bits per heavy atom. The number of carbonyl (C=O) groups is 1. The third kappa shape index (κ3) is 5.50. The SMILES string of the molecule is O=C(Cc1ccc(F)cn1)C(CC1CCOCC1)n1cnc2cc(S(=O)(=O)C3CCCC3)ccc2c1=O. The summed E-state index contributed by atoms with van der Waals surface area (Å²) in [6, 6.07) is 6.38. The van der Waals surface area contributed by atoms with E-state index in [1.807, 2.05) is 0 Å². The Kier molecular flexibility index (Phi) is 7.48. The predicted molar refractivity (Wildman–Crippen MR) is 136 cm³/mol. The van der Waals surface area contributed by atoms with Gasteiger partial charge in [0.05, 0.1) is 46.0 Å². The Hall–Kier alpha value is -2.98. The third-order valence-electron chi connectivity index (χ3n) is 7.57. The van der Waals surface area contributed by atoms with Crippen molar-refractivity contribution >= 4 is 26.5 Å². The Labute approximate surface area is 214 Å². The van der Waals surface area contributed by atoms with Gasteiger partial charge < -0.3 is 4.74 Å². The van der Waals surface area contributed by atoms with Crippen molar-refractivity contribution in [2.75, 3.05) is 13.2 Å². The van der Waals surface area contributed by atoms with Crippen LogP contribution in [0.3, 0.4) is 0 Å². The Morgan fingerprint density at radius 1 is 1.08 bits per heavy atom. The first kappa shape index (κ1) is 25.7. The summed E-state index contributed by atoms with van der Waals surface area (Å²) in [5.41, 5.74) is 0.317. The molecule has 1 aromatic carbocycles. The number of nitrogens with zero attached hydrogens (tertiary/aromatic N) is 3. The van der Waals surface area contributed by atoms with Crippen LogP contribution in [0.1, 0.15) is 56.7 Å². The van der Waals surface area contributed by atoms with Gasteiger partial charge in [-0.2, -0.15) is 0 Å². The summed E-state index contributed by atoms with van der Waals surface area (Å²) in [6.45, 7) is 1.21. The second-order valence-electron chi connectivity index (χ2n) is 10.0. The average molecular weight is 528 g/mol. The predicted octanol–water partition coefficient (Wildman–Crippen LogP) is 3.82. The summed E-state index contributed by atoms with van der Waals surface area (Å²) in [7, 11) is -3.49. The van der Waals surface area contributed by atoms with Gasteiger partial charge in [0.15, 0.2) is 15.6 Å². The number of carbonyl (C=O) groups excluding carboxylic acids is 1. The molecule has 2 aliphatic rings. The van der Waals surface area contributed by atoms with E-state index < -0.39 is 32.5 Å². The van der Waals surface area contributed by atoms with Crippen LogP contribution in [0.25, 0.3) is 10.9 Å². The van der Waals surface area contributed by atoms with Crippen LogP contribution in [0.2, 0.25) is 0 Å². The molecule has 3 heterocycles. The first-order valence-corrected chi connectivity index (χ1v) is 14.3. The molecule has 10 heteroatoms. The molecule has 2 fully saturated rings. The summed E-state index contributed by atoms with van der Waals surface area (Å²) >= 11 is 0. The fourth-order valence-electron chi connectivity index (χ4n) is 5.41. The number of Topliss-reactive ketones (excluding diaryl/α,β-unsaturated/α-hetero) is 1. The van der Waals surface area contributed by atoms with E-state index >= 15 is 0 Å². The van der Waals surface area contributed by atoms with Gasteiger partial charge in [0.1, 0.15) is 5.82 Å². The second-order valence-corrected chi connectivity index (χ2v) is 12.2. The Morgan fingerprint density at radius 3 is 2.54 bits per heavy atom. The van der Waals surface area contributed by atoms with Gasteiger partial charge >= 0.3 is 0 Å². The highest BCUT2D eigenvalue weighted by Crippen LogP contribution is 2.31. The van der Waals surface area contributed by atoms with Crippen LogP contribution in [0.5, 0.6) is 0 Å². The van der Waals surface area contributed by atoms with Crippen molar-refractivity contribution in [3.05, 3.63) is 64.7 Å². The quantitative estimate of drug-likeness (QED) is 0.438. The number of ketones is 1. The largest absolute Gasteiger partial charge is 0.381 e. The van der Waals surface area contributed by atoms with Crippen LogP contribution in [0.15, 0.2) is 52.5 Å². The number of halogens is 1. The minimum atomic E-state index is -3.49. The fraction of sp³-hybridized carbons (Fsp3) is 0.481. The molecule has 1 unspecified atom stereocenters. The van der Waals surface area contributed by atoms with Gasteiger partial charge in [0.2, 0.25) is 0 Å². The molecule has 0 spiro atoms. The lowest BCUT2D eigenvalue weighted by Crippen LogP contribution is -2.33. The number of ether oxygens (including phenoxy) is 1. The minimum Gasteiger partial charge on any atom is -0.381 e. The van der Waals surface area contributed by atoms with Crippen molar-refractivity contribution in [2.45, 2.75) is 67.6 Å². The fourth-order valence-corrected chi connectivity index (χ4v) is 7.28. The monoisotopic (exact) mass is 527 g/mol. The average Bonchev–Trinajstić information content (AvgIpc) is 3.46. The van der Waals surface area contributed by atoms with Crippen LogP contribution in [-0.2, 0) is 25.8 Å². The number of aromatic nitrogens is 3. The Balaban J connectivity index is 1.48. The molecule has 8 nitrogen and oxygen atoms in total. The zero-order valence-electron chi connectivity index (χ0n) is 20.5. The van der Waals surface area contributed by atoms with Gasteiger partial charge in [0, 0.05) is 18.9 Å². The normalized spacial score (nSPS) is 18.3. The van der Waals surface area contributed by atoms with E-state index in [0.29, 0.717) is 38.2 Å². The first-order chi connectivity index (χ1) is 17.8. The van der Waals surface area contributed by atoms with E-state index in [9.17, 15) is 22.4 Å². The van der Waals surface area contributed by atoms with Crippen LogP contribution >= 0.6 is 0 Å². The molecule has 1 aliphatic heterocycles. The Bertz CT molecular complexity index is 1440. The van der Waals surface area contributed by atoms with E-state index in [1.54, 1.807) is 0 Å². The molecule has 0 radical (unpaired) electrons. The number of sulfone groups is 1. The molecule has 5 rings (SSSR count). The summed E-state index contributed by atoms with van der Waals surface area (Å²) in [5.74, 6) is -0.501. The van der Waals surface area contributed by atoms with Gasteiger partial charge in [-0.1, -0.05) is 12.8 Å². The molecule has 37 heavy (non-hydrogen) atoms. The van der Waals surface area contributed by atoms with Crippen LogP contribution in [-0.4, -0.2) is 47.2 Å². The lowest BCUT2D eigenvalue weighted by molar-refractivity contribution is -0.122. The maximum atomic E-state index is 13.6. The topological polar surface area (TPSA) is 108 Å². The number of hydrogen-bond donors (Lipinski definition) is 0. The molecular weight excluding hydrogens is 497 g/mol. The molecule has 196 valence electrons. The van der Waals surface area contributed by atoms with Gasteiger partial charge in [-0.05, 0) is 68.4 Å². The van der Waals surface area contributed by atoms with Crippen molar-refractivity contribution < 1.29 is 22.3 Å². The van der Waals surface area contributed by atoms with Gasteiger partial charge in [-0.25, -0.2) is 17.8 Å². The highest BCUT2D eigenvalue weighted by atomic mass is 32.2. The van der Waals surface area contributed by atoms with E-state index in [0.717, 1.165) is 31.9 Å². The highest BCUT2D eigenvalue weighted by Gasteiger charge is 2.31. The zero-order valence-corrected chi connectivity index (χ0v) is 21.3. The molecule has 2 aromatic heterocycles. The van der Waals surface area contributed by atoms with E-state index in [-0.39, 0.29) is 33.9 Å². The summed E-state index contributed by atoms with van der Waals surface area (Å²) in [5, 5.41) is -0.135. The van der Waals surface area contributed by atoms with E-state index in [4.69, 9.17) is 4.74 Å². The van der Waals surface area contributed by atoms with Crippen LogP contribution in [0.4, 0.5) is 4.39 Å². The maximum Gasteiger partial charge on any atom is 0.261 e. The van der Waals surface area contributed by atoms with Gasteiger partial charge in [0.25, 0.3) is 5.56 Å². The molecule has 0 amide bonds. The van der Waals surface area contributed by atoms with E-state index in [1.165, 1.54) is 41.2 Å². The van der Waals surface area contributed by atoms with Crippen LogP contribution < -0.4 is 5.56 Å². The summed E-state index contributed by atoms with van der Waals surface area (Å²) in [6.07, 6.45) is 7.48. The maximum absolute atomic E-state index is 13.6. The smallest absolute Gasteiger partial charge is 0.261 e. The van der Waals surface area contributed by atoms with Crippen molar-refractivity contribution in [3.8, 4) is 0 Å². The zero-order chi connectivity index (χ0) is 26.0. The highest BCUT2D eigenvalue weighted by molar-refractivity contribution is 7.92.